The molecule has 8 heteroatoms. The van der Waals surface area contributed by atoms with E-state index < -0.39 is 36.9 Å². The first-order chi connectivity index (χ1) is 11.8. The van der Waals surface area contributed by atoms with Gasteiger partial charge in [-0.15, -0.1) is 0 Å². The van der Waals surface area contributed by atoms with Gasteiger partial charge in [-0.2, -0.15) is 0 Å². The van der Waals surface area contributed by atoms with Crippen molar-refractivity contribution in [3.8, 4) is 0 Å². The third kappa shape index (κ3) is 3.70. The molecule has 0 fully saturated rings. The van der Waals surface area contributed by atoms with Gasteiger partial charge in [-0.1, -0.05) is 25.9 Å². The standard InChI is InChI=1S/C18H21F2NO4S/c1-17(2,3)15-9-12(25-21-15)10-16(22)18(4,5)26(23,24)14-8-11(19)6-7-13(14)20/h6-9H,10H2,1-5H3. The molecule has 0 N–H and O–H groups in total. The molecule has 26 heavy (non-hydrogen) atoms. The zero-order valence-corrected chi connectivity index (χ0v) is 16.1. The van der Waals surface area contributed by atoms with Crippen LogP contribution in [-0.2, 0) is 26.5 Å². The first-order valence-electron chi connectivity index (χ1n) is 7.96. The van der Waals surface area contributed by atoms with Crippen molar-refractivity contribution < 1.29 is 26.5 Å². The maximum atomic E-state index is 13.9. The fourth-order valence-corrected chi connectivity index (χ4v) is 3.74. The predicted molar refractivity (Wildman–Crippen MR) is 91.5 cm³/mol. The Morgan fingerprint density at radius 3 is 2.27 bits per heavy atom. The monoisotopic (exact) mass is 385 g/mol. The average molecular weight is 385 g/mol. The molecule has 0 bridgehead atoms. The van der Waals surface area contributed by atoms with E-state index in [-0.39, 0.29) is 17.6 Å². The Labute approximate surface area is 151 Å². The van der Waals surface area contributed by atoms with Gasteiger partial charge in [0.1, 0.15) is 27.0 Å². The molecule has 1 heterocycles. The van der Waals surface area contributed by atoms with Gasteiger partial charge in [0.15, 0.2) is 15.6 Å². The lowest BCUT2D eigenvalue weighted by atomic mass is 9.92. The summed E-state index contributed by atoms with van der Waals surface area (Å²) < 4.78 is 56.0. The van der Waals surface area contributed by atoms with E-state index in [1.165, 1.54) is 0 Å². The van der Waals surface area contributed by atoms with Crippen LogP contribution in [0.2, 0.25) is 0 Å². The molecule has 0 amide bonds. The van der Waals surface area contributed by atoms with Crippen molar-refractivity contribution in [2.45, 2.75) is 56.1 Å². The number of ketones is 1. The Morgan fingerprint density at radius 2 is 1.73 bits per heavy atom. The Bertz CT molecular complexity index is 940. The topological polar surface area (TPSA) is 77.2 Å². The van der Waals surface area contributed by atoms with Crippen LogP contribution in [0.25, 0.3) is 0 Å². The van der Waals surface area contributed by atoms with E-state index in [2.05, 4.69) is 5.16 Å². The number of benzene rings is 1. The number of aromatic nitrogens is 1. The molecule has 2 aromatic rings. The van der Waals surface area contributed by atoms with Crippen LogP contribution in [0.15, 0.2) is 33.7 Å². The minimum absolute atomic E-state index is 0.211. The smallest absolute Gasteiger partial charge is 0.193 e. The van der Waals surface area contributed by atoms with Crippen LogP contribution in [0.1, 0.15) is 46.1 Å². The summed E-state index contributed by atoms with van der Waals surface area (Å²) in [5, 5.41) is 3.88. The Kier molecular flexibility index (Phi) is 5.11. The van der Waals surface area contributed by atoms with Crippen LogP contribution < -0.4 is 0 Å². The molecule has 1 aromatic heterocycles. The largest absolute Gasteiger partial charge is 0.361 e. The summed E-state index contributed by atoms with van der Waals surface area (Å²) in [5.74, 6) is -2.51. The van der Waals surface area contributed by atoms with E-state index in [0.29, 0.717) is 11.8 Å². The molecule has 2 rings (SSSR count). The van der Waals surface area contributed by atoms with Crippen LogP contribution >= 0.6 is 0 Å². The minimum Gasteiger partial charge on any atom is -0.361 e. The van der Waals surface area contributed by atoms with E-state index in [4.69, 9.17) is 4.52 Å². The molecule has 0 saturated carbocycles. The number of nitrogens with zero attached hydrogens (tertiary/aromatic N) is 1. The average Bonchev–Trinajstić information content (AvgIpc) is 2.98. The van der Waals surface area contributed by atoms with E-state index in [1.807, 2.05) is 20.8 Å². The number of hydrogen-bond donors (Lipinski definition) is 0. The summed E-state index contributed by atoms with van der Waals surface area (Å²) in [6.45, 7) is 8.07. The van der Waals surface area contributed by atoms with Crippen LogP contribution in [0, 0.1) is 11.6 Å². The fraction of sp³-hybridized carbons (Fsp3) is 0.444. The van der Waals surface area contributed by atoms with Gasteiger partial charge in [0.25, 0.3) is 0 Å². The highest BCUT2D eigenvalue weighted by molar-refractivity contribution is 7.93. The quantitative estimate of drug-likeness (QED) is 0.786. The van der Waals surface area contributed by atoms with Crippen molar-refractivity contribution in [1.29, 1.82) is 0 Å². The number of hydrogen-bond acceptors (Lipinski definition) is 5. The Morgan fingerprint density at radius 1 is 1.12 bits per heavy atom. The van der Waals surface area contributed by atoms with E-state index >= 15 is 0 Å². The molecule has 0 unspecified atom stereocenters. The van der Waals surface area contributed by atoms with Gasteiger partial charge in [0, 0.05) is 11.5 Å². The van der Waals surface area contributed by atoms with Crippen LogP contribution in [0.4, 0.5) is 8.78 Å². The Hall–Kier alpha value is -2.09. The number of carbonyl (C=O) groups excluding carboxylic acids is 1. The number of sulfone groups is 1. The van der Waals surface area contributed by atoms with Crippen molar-refractivity contribution in [3.63, 3.8) is 0 Å². The van der Waals surface area contributed by atoms with Crippen molar-refractivity contribution in [2.24, 2.45) is 0 Å². The summed E-state index contributed by atoms with van der Waals surface area (Å²) in [4.78, 5) is 11.8. The van der Waals surface area contributed by atoms with Crippen molar-refractivity contribution >= 4 is 15.6 Å². The highest BCUT2D eigenvalue weighted by atomic mass is 32.2. The van der Waals surface area contributed by atoms with Gasteiger partial charge in [-0.3, -0.25) is 4.79 Å². The minimum atomic E-state index is -4.46. The SMILES string of the molecule is CC(C)(C)c1cc(CC(=O)C(C)(C)S(=O)(=O)c2cc(F)ccc2F)on1. The molecule has 5 nitrogen and oxygen atoms in total. The molecule has 0 atom stereocenters. The molecular formula is C18H21F2NO4S. The molecule has 142 valence electrons. The highest BCUT2D eigenvalue weighted by Gasteiger charge is 2.44. The first kappa shape index (κ1) is 20.2. The normalized spacial score (nSPS) is 13.0. The van der Waals surface area contributed by atoms with Gasteiger partial charge in [-0.05, 0) is 32.0 Å². The molecule has 0 aliphatic rings. The summed E-state index contributed by atoms with van der Waals surface area (Å²) in [5.41, 5.74) is 0.328. The van der Waals surface area contributed by atoms with E-state index in [0.717, 1.165) is 26.0 Å². The summed E-state index contributed by atoms with van der Waals surface area (Å²) in [7, 11) is -4.46. The molecule has 0 aliphatic heterocycles. The number of halogens is 2. The Balaban J connectivity index is 2.35. The maximum absolute atomic E-state index is 13.9. The van der Waals surface area contributed by atoms with Crippen molar-refractivity contribution in [2.75, 3.05) is 0 Å². The molecule has 0 radical (unpaired) electrons. The van der Waals surface area contributed by atoms with Gasteiger partial charge in [-0.25, -0.2) is 17.2 Å². The second-order valence-electron chi connectivity index (χ2n) is 7.62. The predicted octanol–water partition coefficient (Wildman–Crippen LogP) is 3.61. The van der Waals surface area contributed by atoms with E-state index in [9.17, 15) is 22.0 Å². The van der Waals surface area contributed by atoms with Gasteiger partial charge >= 0.3 is 0 Å². The second kappa shape index (κ2) is 6.57. The van der Waals surface area contributed by atoms with Crippen LogP contribution in [-0.4, -0.2) is 24.1 Å². The lowest BCUT2D eigenvalue weighted by Crippen LogP contribution is -2.42. The molecule has 0 saturated heterocycles. The third-order valence-corrected chi connectivity index (χ3v) is 6.65. The zero-order valence-electron chi connectivity index (χ0n) is 15.3. The first-order valence-corrected chi connectivity index (χ1v) is 9.44. The number of rotatable bonds is 5. The summed E-state index contributed by atoms with van der Waals surface area (Å²) in [6.07, 6.45) is -0.327. The second-order valence-corrected chi connectivity index (χ2v) is 10.1. The molecule has 0 aliphatic carbocycles. The molecule has 0 spiro atoms. The molecule has 1 aromatic carbocycles. The number of Topliss-reactive ketones (excluding diaryl/α,β-unsaturated/α-hetero) is 1. The summed E-state index contributed by atoms with van der Waals surface area (Å²) >= 11 is 0. The van der Waals surface area contributed by atoms with Crippen molar-refractivity contribution in [1.82, 2.24) is 5.16 Å². The van der Waals surface area contributed by atoms with Gasteiger partial charge in [0.2, 0.25) is 0 Å². The summed E-state index contributed by atoms with van der Waals surface area (Å²) in [6, 6.07) is 3.69. The van der Waals surface area contributed by atoms with Crippen LogP contribution in [0.3, 0.4) is 0 Å². The lowest BCUT2D eigenvalue weighted by Gasteiger charge is -2.23. The highest BCUT2D eigenvalue weighted by Crippen LogP contribution is 2.30. The van der Waals surface area contributed by atoms with Gasteiger partial charge < -0.3 is 4.52 Å². The fourth-order valence-electron chi connectivity index (χ4n) is 2.23. The molecular weight excluding hydrogens is 364 g/mol. The zero-order chi connectivity index (χ0) is 19.9. The van der Waals surface area contributed by atoms with E-state index in [1.54, 1.807) is 6.07 Å². The van der Waals surface area contributed by atoms with Crippen molar-refractivity contribution in [3.05, 3.63) is 47.4 Å². The third-order valence-electron chi connectivity index (χ3n) is 4.19. The number of carbonyl (C=O) groups is 1. The van der Waals surface area contributed by atoms with Gasteiger partial charge in [0.05, 0.1) is 12.1 Å². The lowest BCUT2D eigenvalue weighted by molar-refractivity contribution is -0.120. The maximum Gasteiger partial charge on any atom is 0.193 e. The van der Waals surface area contributed by atoms with Crippen LogP contribution in [0.5, 0.6) is 0 Å².